The van der Waals surface area contributed by atoms with E-state index in [1.807, 2.05) is 6.92 Å². The first kappa shape index (κ1) is 16.0. The maximum Gasteiger partial charge on any atom is 0.338 e. The molecule has 0 fully saturated rings. The zero-order valence-electron chi connectivity index (χ0n) is 11.5. The van der Waals surface area contributed by atoms with E-state index in [0.717, 1.165) is 12.8 Å². The van der Waals surface area contributed by atoms with E-state index in [0.29, 0.717) is 17.9 Å². The maximum atomic E-state index is 11.6. The van der Waals surface area contributed by atoms with E-state index in [4.69, 9.17) is 16.0 Å². The molecule has 0 unspecified atom stereocenters. The van der Waals surface area contributed by atoms with Crippen molar-refractivity contribution in [1.29, 1.82) is 0 Å². The van der Waals surface area contributed by atoms with Crippen molar-refractivity contribution in [2.75, 3.05) is 19.8 Å². The molecule has 20 heavy (non-hydrogen) atoms. The Morgan fingerprint density at radius 1 is 1.40 bits per heavy atom. The van der Waals surface area contributed by atoms with Gasteiger partial charge in [-0.3, -0.25) is 0 Å². The zero-order chi connectivity index (χ0) is 14.8. The molecule has 1 atom stereocenters. The number of ether oxygens (including phenoxy) is 2. The summed E-state index contributed by atoms with van der Waals surface area (Å²) in [6, 6.07) is 6.51. The minimum absolute atomic E-state index is 0.0157. The summed E-state index contributed by atoms with van der Waals surface area (Å²) in [7, 11) is 0. The minimum atomic E-state index is -0.800. The lowest BCUT2D eigenvalue weighted by atomic mass is 10.2. The second-order valence-electron chi connectivity index (χ2n) is 4.32. The molecular weight excluding hydrogens is 258 g/mol. The third-order valence-corrected chi connectivity index (χ3v) is 2.57. The van der Waals surface area contributed by atoms with Gasteiger partial charge in [-0.25, -0.2) is 11.4 Å². The summed E-state index contributed by atoms with van der Waals surface area (Å²) < 4.78 is 10.4. The number of esters is 1. The van der Waals surface area contributed by atoms with Crippen molar-refractivity contribution in [2.24, 2.45) is 0 Å². The SMILES string of the molecule is [C-]#[N+]C[C@@H](O)COc1ccc(C(=O)OCCCC)cc1. The van der Waals surface area contributed by atoms with Gasteiger partial charge in [-0.15, -0.1) is 0 Å². The molecule has 0 heterocycles. The molecular formula is C15H19NO4. The van der Waals surface area contributed by atoms with Crippen LogP contribution in [0, 0.1) is 6.57 Å². The molecule has 0 aliphatic carbocycles. The molecule has 0 saturated carbocycles. The number of benzene rings is 1. The Morgan fingerprint density at radius 3 is 2.70 bits per heavy atom. The molecule has 0 aliphatic rings. The van der Waals surface area contributed by atoms with E-state index >= 15 is 0 Å². The fourth-order valence-corrected chi connectivity index (χ4v) is 1.43. The normalized spacial score (nSPS) is 11.4. The molecule has 1 N–H and O–H groups in total. The number of aliphatic hydroxyl groups is 1. The fraction of sp³-hybridized carbons (Fsp3) is 0.467. The molecule has 5 heteroatoms. The molecule has 0 aliphatic heterocycles. The lowest BCUT2D eigenvalue weighted by Gasteiger charge is -2.08. The predicted octanol–water partition coefficient (Wildman–Crippen LogP) is 2.30. The molecule has 0 saturated heterocycles. The van der Waals surface area contributed by atoms with Crippen LogP contribution in [-0.4, -0.2) is 36.9 Å². The summed E-state index contributed by atoms with van der Waals surface area (Å²) in [5, 5.41) is 9.36. The summed E-state index contributed by atoms with van der Waals surface area (Å²) in [5.41, 5.74) is 0.468. The summed E-state index contributed by atoms with van der Waals surface area (Å²) in [5.74, 6) is 0.192. The lowest BCUT2D eigenvalue weighted by Crippen LogP contribution is -2.19. The third-order valence-electron chi connectivity index (χ3n) is 2.57. The third kappa shape index (κ3) is 5.72. The van der Waals surface area contributed by atoms with Crippen LogP contribution in [0.1, 0.15) is 30.1 Å². The average molecular weight is 277 g/mol. The van der Waals surface area contributed by atoms with Gasteiger partial charge in [0.2, 0.25) is 6.54 Å². The fourth-order valence-electron chi connectivity index (χ4n) is 1.43. The number of unbranched alkanes of at least 4 members (excludes halogenated alkanes) is 1. The van der Waals surface area contributed by atoms with Crippen LogP contribution < -0.4 is 4.74 Å². The molecule has 0 aromatic heterocycles. The number of nitrogens with zero attached hydrogens (tertiary/aromatic N) is 1. The number of rotatable bonds is 8. The number of hydrogen-bond acceptors (Lipinski definition) is 4. The van der Waals surface area contributed by atoms with Crippen molar-refractivity contribution in [2.45, 2.75) is 25.9 Å². The molecule has 1 rings (SSSR count). The van der Waals surface area contributed by atoms with Gasteiger partial charge in [-0.2, -0.15) is 0 Å². The van der Waals surface area contributed by atoms with Crippen LogP contribution in [0.5, 0.6) is 5.75 Å². The van der Waals surface area contributed by atoms with Gasteiger partial charge in [-0.05, 0) is 30.7 Å². The number of aliphatic hydroxyl groups excluding tert-OH is 1. The van der Waals surface area contributed by atoms with Gasteiger partial charge in [-0.1, -0.05) is 13.3 Å². The van der Waals surface area contributed by atoms with E-state index < -0.39 is 6.10 Å². The Labute approximate surface area is 119 Å². The van der Waals surface area contributed by atoms with Gasteiger partial charge in [0.25, 0.3) is 0 Å². The van der Waals surface area contributed by atoms with Gasteiger partial charge in [0.15, 0.2) is 6.10 Å². The lowest BCUT2D eigenvalue weighted by molar-refractivity contribution is 0.0499. The van der Waals surface area contributed by atoms with Gasteiger partial charge >= 0.3 is 5.97 Å². The second-order valence-corrected chi connectivity index (χ2v) is 4.32. The number of carbonyl (C=O) groups excluding carboxylic acids is 1. The molecule has 5 nitrogen and oxygen atoms in total. The van der Waals surface area contributed by atoms with Crippen molar-refractivity contribution in [1.82, 2.24) is 0 Å². The van der Waals surface area contributed by atoms with Crippen LogP contribution in [0.4, 0.5) is 0 Å². The molecule has 1 aromatic carbocycles. The van der Waals surface area contributed by atoms with E-state index in [2.05, 4.69) is 4.85 Å². The van der Waals surface area contributed by atoms with Crippen LogP contribution in [0.15, 0.2) is 24.3 Å². The molecule has 0 bridgehead atoms. The largest absolute Gasteiger partial charge is 0.491 e. The predicted molar refractivity (Wildman–Crippen MR) is 74.6 cm³/mol. The second kappa shape index (κ2) is 8.94. The Hall–Kier alpha value is -2.06. The van der Waals surface area contributed by atoms with Crippen LogP contribution in [-0.2, 0) is 4.74 Å². The number of hydrogen-bond donors (Lipinski definition) is 1. The zero-order valence-corrected chi connectivity index (χ0v) is 11.5. The highest BCUT2D eigenvalue weighted by molar-refractivity contribution is 5.89. The van der Waals surface area contributed by atoms with Gasteiger partial charge < -0.3 is 19.4 Å². The van der Waals surface area contributed by atoms with Crippen molar-refractivity contribution < 1.29 is 19.4 Å². The Bertz CT molecular complexity index is 450. The first-order valence-corrected chi connectivity index (χ1v) is 6.58. The standard InChI is InChI=1S/C15H19NO4/c1-3-4-9-19-15(18)12-5-7-14(8-6-12)20-11-13(17)10-16-2/h5-8,13,17H,3-4,9-11H2,1H3/t13-/m1/s1. The van der Waals surface area contributed by atoms with Crippen molar-refractivity contribution in [3.63, 3.8) is 0 Å². The van der Waals surface area contributed by atoms with Crippen LogP contribution >= 0.6 is 0 Å². The summed E-state index contributed by atoms with van der Waals surface area (Å²) in [6.07, 6.45) is 1.03. The topological polar surface area (TPSA) is 60.1 Å². The molecule has 0 radical (unpaired) electrons. The monoisotopic (exact) mass is 277 g/mol. The molecule has 0 spiro atoms. The van der Waals surface area contributed by atoms with Crippen molar-refractivity contribution >= 4 is 5.97 Å². The summed E-state index contributed by atoms with van der Waals surface area (Å²) in [6.45, 7) is 9.15. The van der Waals surface area contributed by atoms with E-state index in [1.54, 1.807) is 24.3 Å². The highest BCUT2D eigenvalue weighted by atomic mass is 16.5. The average Bonchev–Trinajstić information content (AvgIpc) is 2.46. The van der Waals surface area contributed by atoms with Gasteiger partial charge in [0.1, 0.15) is 12.4 Å². The van der Waals surface area contributed by atoms with E-state index in [1.165, 1.54) is 0 Å². The summed E-state index contributed by atoms with van der Waals surface area (Å²) >= 11 is 0. The molecule has 0 amide bonds. The van der Waals surface area contributed by atoms with Crippen molar-refractivity contribution in [3.8, 4) is 5.75 Å². The summed E-state index contributed by atoms with van der Waals surface area (Å²) in [4.78, 5) is 14.7. The van der Waals surface area contributed by atoms with Crippen LogP contribution in [0.2, 0.25) is 0 Å². The first-order chi connectivity index (χ1) is 9.67. The van der Waals surface area contributed by atoms with Gasteiger partial charge in [0, 0.05) is 0 Å². The van der Waals surface area contributed by atoms with Crippen molar-refractivity contribution in [3.05, 3.63) is 41.2 Å². The Morgan fingerprint density at radius 2 is 2.10 bits per heavy atom. The maximum absolute atomic E-state index is 11.6. The Balaban J connectivity index is 2.43. The van der Waals surface area contributed by atoms with E-state index in [9.17, 15) is 9.90 Å². The molecule has 108 valence electrons. The Kier molecular flexibility index (Phi) is 7.15. The minimum Gasteiger partial charge on any atom is -0.491 e. The van der Waals surface area contributed by atoms with E-state index in [-0.39, 0.29) is 19.1 Å². The highest BCUT2D eigenvalue weighted by Gasteiger charge is 2.09. The number of carbonyl (C=O) groups is 1. The van der Waals surface area contributed by atoms with Crippen LogP contribution in [0.3, 0.4) is 0 Å². The van der Waals surface area contributed by atoms with Gasteiger partial charge in [0.05, 0.1) is 12.2 Å². The first-order valence-electron chi connectivity index (χ1n) is 6.58. The highest BCUT2D eigenvalue weighted by Crippen LogP contribution is 2.13. The van der Waals surface area contributed by atoms with Crippen LogP contribution in [0.25, 0.3) is 4.85 Å². The molecule has 1 aromatic rings. The quantitative estimate of drug-likeness (QED) is 0.450. The smallest absolute Gasteiger partial charge is 0.338 e.